The number of halogens is 1. The molecule has 0 saturated carbocycles. The fourth-order valence-corrected chi connectivity index (χ4v) is 0.409. The zero-order valence-corrected chi connectivity index (χ0v) is 12.5. The molecule has 0 unspecified atom stereocenters. The molecule has 0 N–H and O–H groups in total. The largest absolute Gasteiger partial charge is 0.0979 e. The van der Waals surface area contributed by atoms with Crippen molar-refractivity contribution in [2.75, 3.05) is 0 Å². The molecule has 0 aliphatic heterocycles. The Morgan fingerprint density at radius 2 is 1.36 bits per heavy atom. The molecule has 0 aliphatic rings. The molecular formula is C13H27Br. The number of hydrogen-bond acceptors (Lipinski definition) is 0. The van der Waals surface area contributed by atoms with Crippen LogP contribution in [0.1, 0.15) is 48.5 Å². The van der Waals surface area contributed by atoms with E-state index in [9.17, 15) is 0 Å². The lowest BCUT2D eigenvalue weighted by molar-refractivity contribution is 1.50. The Morgan fingerprint density at radius 1 is 1.00 bits per heavy atom. The van der Waals surface area contributed by atoms with Gasteiger partial charge in [0, 0.05) is 4.48 Å². The van der Waals surface area contributed by atoms with E-state index in [1.165, 1.54) is 0 Å². The zero-order valence-electron chi connectivity index (χ0n) is 10.9. The van der Waals surface area contributed by atoms with Crippen molar-refractivity contribution in [3.63, 3.8) is 0 Å². The Bertz CT molecular complexity index is 121. The summed E-state index contributed by atoms with van der Waals surface area (Å²) in [6.07, 6.45) is 7.60. The zero-order chi connectivity index (χ0) is 12.4. The van der Waals surface area contributed by atoms with Crippen molar-refractivity contribution in [2.45, 2.75) is 48.5 Å². The van der Waals surface area contributed by atoms with E-state index in [4.69, 9.17) is 0 Å². The minimum atomic E-state index is 1.01. The van der Waals surface area contributed by atoms with Gasteiger partial charge in [0.05, 0.1) is 0 Å². The molecule has 0 spiro atoms. The van der Waals surface area contributed by atoms with Crippen LogP contribution in [-0.2, 0) is 0 Å². The summed E-state index contributed by atoms with van der Waals surface area (Å²) in [7, 11) is 0. The van der Waals surface area contributed by atoms with Crippen LogP contribution in [0.5, 0.6) is 0 Å². The van der Waals surface area contributed by atoms with Crippen molar-refractivity contribution in [1.29, 1.82) is 0 Å². The van der Waals surface area contributed by atoms with E-state index in [0.29, 0.717) is 0 Å². The smallest absolute Gasteiger partial charge is 0.0169 e. The molecule has 14 heavy (non-hydrogen) atoms. The molecule has 0 bridgehead atoms. The third-order valence-electron chi connectivity index (χ3n) is 0.643. The number of allylic oxidation sites excluding steroid dienone is 5. The summed E-state index contributed by atoms with van der Waals surface area (Å²) in [5, 5.41) is 0. The molecule has 0 aromatic heterocycles. The average Bonchev–Trinajstić information content (AvgIpc) is 2.33. The molecule has 0 heterocycles. The van der Waals surface area contributed by atoms with Crippen molar-refractivity contribution < 1.29 is 0 Å². The van der Waals surface area contributed by atoms with E-state index < -0.39 is 0 Å². The lowest BCUT2D eigenvalue weighted by atomic mass is 10.4. The third kappa shape index (κ3) is 41.2. The van der Waals surface area contributed by atoms with Gasteiger partial charge in [0.2, 0.25) is 0 Å². The predicted molar refractivity (Wildman–Crippen MR) is 76.1 cm³/mol. The molecule has 0 saturated heterocycles. The highest BCUT2D eigenvalue weighted by Gasteiger charge is 1.73. The van der Waals surface area contributed by atoms with Crippen LogP contribution in [0, 0.1) is 0 Å². The van der Waals surface area contributed by atoms with Crippen LogP contribution in [0.15, 0.2) is 35.4 Å². The first-order valence-electron chi connectivity index (χ1n) is 5.42. The van der Waals surface area contributed by atoms with Gasteiger partial charge >= 0.3 is 0 Å². The molecule has 0 aromatic carbocycles. The van der Waals surface area contributed by atoms with Crippen molar-refractivity contribution in [2.24, 2.45) is 0 Å². The second kappa shape index (κ2) is 38.7. The van der Waals surface area contributed by atoms with Gasteiger partial charge < -0.3 is 0 Å². The van der Waals surface area contributed by atoms with Crippen LogP contribution in [-0.4, -0.2) is 0 Å². The standard InChI is InChI=1S/C7H9Br.3C2H6/c1-3-5-6-7(8)4-2;3*1-2/h3-6H,2H2,1H3;3*1-2H3/b5-3-,7-6+;;;. The van der Waals surface area contributed by atoms with Crippen LogP contribution >= 0.6 is 15.9 Å². The summed E-state index contributed by atoms with van der Waals surface area (Å²) in [5.74, 6) is 0. The van der Waals surface area contributed by atoms with E-state index >= 15 is 0 Å². The molecule has 0 fully saturated rings. The second-order valence-electron chi connectivity index (χ2n) is 1.28. The first-order chi connectivity index (χ1) is 6.81. The highest BCUT2D eigenvalue weighted by atomic mass is 79.9. The van der Waals surface area contributed by atoms with Crippen molar-refractivity contribution >= 4 is 15.9 Å². The van der Waals surface area contributed by atoms with Gasteiger partial charge in [-0.3, -0.25) is 0 Å². The summed E-state index contributed by atoms with van der Waals surface area (Å²) in [4.78, 5) is 0. The molecule has 0 nitrogen and oxygen atoms in total. The maximum absolute atomic E-state index is 3.56. The molecule has 0 atom stereocenters. The lowest BCUT2D eigenvalue weighted by Crippen LogP contribution is -1.54. The first-order valence-corrected chi connectivity index (χ1v) is 6.21. The first kappa shape index (κ1) is 23.5. The Morgan fingerprint density at radius 3 is 1.57 bits per heavy atom. The Balaban J connectivity index is -0.0000000708. The quantitative estimate of drug-likeness (QED) is 0.527. The fraction of sp³-hybridized carbons (Fsp3) is 0.538. The Labute approximate surface area is 99.9 Å². The topological polar surface area (TPSA) is 0 Å². The maximum Gasteiger partial charge on any atom is 0.0169 e. The van der Waals surface area contributed by atoms with Crippen molar-refractivity contribution in [3.8, 4) is 0 Å². The van der Waals surface area contributed by atoms with E-state index in [2.05, 4.69) is 22.5 Å². The fourth-order valence-electron chi connectivity index (χ4n) is 0.256. The van der Waals surface area contributed by atoms with E-state index in [-0.39, 0.29) is 0 Å². The van der Waals surface area contributed by atoms with Crippen LogP contribution in [0.4, 0.5) is 0 Å². The van der Waals surface area contributed by atoms with Crippen LogP contribution in [0.25, 0.3) is 0 Å². The van der Waals surface area contributed by atoms with Crippen LogP contribution < -0.4 is 0 Å². The second-order valence-corrected chi connectivity index (χ2v) is 2.20. The summed E-state index contributed by atoms with van der Waals surface area (Å²) < 4.78 is 1.01. The van der Waals surface area contributed by atoms with Crippen LogP contribution in [0.3, 0.4) is 0 Å². The van der Waals surface area contributed by atoms with Gasteiger partial charge in [0.25, 0.3) is 0 Å². The normalized spacial score (nSPS) is 8.43. The molecule has 86 valence electrons. The number of rotatable bonds is 2. The van der Waals surface area contributed by atoms with E-state index in [1.54, 1.807) is 6.08 Å². The number of hydrogen-bond donors (Lipinski definition) is 0. The molecule has 0 amide bonds. The molecule has 0 aliphatic carbocycles. The third-order valence-corrected chi connectivity index (χ3v) is 1.23. The Hall–Kier alpha value is -0.300. The lowest BCUT2D eigenvalue weighted by Gasteiger charge is -1.78. The minimum absolute atomic E-state index is 1.01. The minimum Gasteiger partial charge on any atom is -0.0979 e. The Kier molecular flexibility index (Phi) is 65.0. The van der Waals surface area contributed by atoms with E-state index in [0.717, 1.165) is 4.48 Å². The maximum atomic E-state index is 3.56. The van der Waals surface area contributed by atoms with Gasteiger partial charge in [0.1, 0.15) is 0 Å². The summed E-state index contributed by atoms with van der Waals surface area (Å²) in [5.41, 5.74) is 0. The predicted octanol–water partition coefficient (Wildman–Crippen LogP) is 6.11. The summed E-state index contributed by atoms with van der Waals surface area (Å²) >= 11 is 3.27. The van der Waals surface area contributed by atoms with Gasteiger partial charge in [0.15, 0.2) is 0 Å². The summed E-state index contributed by atoms with van der Waals surface area (Å²) in [6.45, 7) is 17.5. The van der Waals surface area contributed by atoms with Crippen molar-refractivity contribution in [1.82, 2.24) is 0 Å². The molecule has 1 heteroatoms. The average molecular weight is 263 g/mol. The van der Waals surface area contributed by atoms with Gasteiger partial charge in [-0.2, -0.15) is 0 Å². The van der Waals surface area contributed by atoms with Gasteiger partial charge in [-0.15, -0.1) is 0 Å². The monoisotopic (exact) mass is 262 g/mol. The van der Waals surface area contributed by atoms with Crippen LogP contribution in [0.2, 0.25) is 0 Å². The molecule has 0 rings (SSSR count). The van der Waals surface area contributed by atoms with Gasteiger partial charge in [-0.25, -0.2) is 0 Å². The van der Waals surface area contributed by atoms with Gasteiger partial charge in [-0.05, 0) is 13.0 Å². The summed E-state index contributed by atoms with van der Waals surface area (Å²) in [6, 6.07) is 0. The molecular weight excluding hydrogens is 236 g/mol. The highest BCUT2D eigenvalue weighted by Crippen LogP contribution is 2.03. The molecule has 0 aromatic rings. The van der Waals surface area contributed by atoms with E-state index in [1.807, 2.05) is 66.7 Å². The highest BCUT2D eigenvalue weighted by molar-refractivity contribution is 9.11. The SMILES string of the molecule is C=C/C(Br)=C\C=C/C.CC.CC.CC. The van der Waals surface area contributed by atoms with Gasteiger partial charge in [-0.1, -0.05) is 82.3 Å². The molecule has 0 radical (unpaired) electrons. The van der Waals surface area contributed by atoms with Crippen molar-refractivity contribution in [3.05, 3.63) is 35.4 Å².